The number of anilines is 1. The lowest BCUT2D eigenvalue weighted by Crippen LogP contribution is -1.97. The van der Waals surface area contributed by atoms with E-state index in [9.17, 15) is 4.21 Å². The molecule has 3 aromatic rings. The van der Waals surface area contributed by atoms with E-state index in [0.29, 0.717) is 20.8 Å². The van der Waals surface area contributed by atoms with E-state index < -0.39 is 10.8 Å². The highest BCUT2D eigenvalue weighted by Gasteiger charge is 2.13. The molecule has 2 N–H and O–H groups in total. The van der Waals surface area contributed by atoms with Gasteiger partial charge in [-0.1, -0.05) is 23.7 Å². The molecule has 0 radical (unpaired) electrons. The second-order valence-electron chi connectivity index (χ2n) is 4.79. The minimum Gasteiger partial charge on any atom is -0.399 e. The second kappa shape index (κ2) is 5.75. The van der Waals surface area contributed by atoms with Gasteiger partial charge in [-0.05, 0) is 42.3 Å². The Morgan fingerprint density at radius 2 is 2.10 bits per heavy atom. The molecular formula is C15H13ClN2OS2. The van der Waals surface area contributed by atoms with E-state index in [0.717, 1.165) is 21.3 Å². The van der Waals surface area contributed by atoms with Crippen LogP contribution in [0.4, 0.5) is 5.69 Å². The summed E-state index contributed by atoms with van der Waals surface area (Å²) in [7, 11) is -1.21. The molecule has 0 fully saturated rings. The van der Waals surface area contributed by atoms with Crippen molar-refractivity contribution in [3.05, 3.63) is 52.5 Å². The maximum atomic E-state index is 12.5. The first kappa shape index (κ1) is 14.5. The van der Waals surface area contributed by atoms with Gasteiger partial charge in [0.15, 0.2) is 4.34 Å². The summed E-state index contributed by atoms with van der Waals surface area (Å²) in [6.45, 7) is 1.98. The van der Waals surface area contributed by atoms with Crippen molar-refractivity contribution < 1.29 is 4.21 Å². The smallest absolute Gasteiger partial charge is 0.182 e. The van der Waals surface area contributed by atoms with Crippen molar-refractivity contribution in [2.75, 3.05) is 5.73 Å². The van der Waals surface area contributed by atoms with Gasteiger partial charge in [-0.2, -0.15) is 0 Å². The third-order valence-corrected chi connectivity index (χ3v) is 6.11. The van der Waals surface area contributed by atoms with Gasteiger partial charge < -0.3 is 5.73 Å². The molecule has 0 bridgehead atoms. The highest BCUT2D eigenvalue weighted by Crippen LogP contribution is 2.28. The lowest BCUT2D eigenvalue weighted by atomic mass is 10.2. The zero-order chi connectivity index (χ0) is 15.0. The maximum Gasteiger partial charge on any atom is 0.182 e. The van der Waals surface area contributed by atoms with Crippen LogP contribution < -0.4 is 5.73 Å². The average Bonchev–Trinajstić information content (AvgIpc) is 2.85. The number of nitrogen functional groups attached to an aromatic ring is 1. The van der Waals surface area contributed by atoms with Crippen molar-refractivity contribution in [2.45, 2.75) is 17.0 Å². The molecule has 6 heteroatoms. The lowest BCUT2D eigenvalue weighted by Gasteiger charge is -2.03. The van der Waals surface area contributed by atoms with E-state index in [2.05, 4.69) is 4.98 Å². The number of aryl methyl sites for hydroxylation is 1. The van der Waals surface area contributed by atoms with Crippen LogP contribution in [-0.2, 0) is 16.6 Å². The zero-order valence-electron chi connectivity index (χ0n) is 11.3. The third-order valence-electron chi connectivity index (χ3n) is 3.08. The van der Waals surface area contributed by atoms with Gasteiger partial charge in [0, 0.05) is 10.7 Å². The molecule has 0 aliphatic rings. The van der Waals surface area contributed by atoms with Crippen molar-refractivity contribution in [3.8, 4) is 0 Å². The van der Waals surface area contributed by atoms with Crippen LogP contribution in [-0.4, -0.2) is 9.19 Å². The standard InChI is InChI=1S/C15H13ClN2OS2/c1-9-2-3-10(12(16)6-9)8-21(19)15-18-13-5-4-11(17)7-14(13)20-15/h2-7H,8,17H2,1H3. The Morgan fingerprint density at radius 3 is 2.86 bits per heavy atom. The summed E-state index contributed by atoms with van der Waals surface area (Å²) in [5.41, 5.74) is 9.23. The minimum absolute atomic E-state index is 0.369. The Bertz CT molecular complexity index is 845. The first-order chi connectivity index (χ1) is 10.0. The normalized spacial score (nSPS) is 12.7. The van der Waals surface area contributed by atoms with Gasteiger partial charge in [-0.3, -0.25) is 4.21 Å². The fourth-order valence-corrected chi connectivity index (χ4v) is 4.79. The Morgan fingerprint density at radius 1 is 1.29 bits per heavy atom. The predicted molar refractivity (Wildman–Crippen MR) is 90.3 cm³/mol. The third kappa shape index (κ3) is 3.10. The Kier molecular flexibility index (Phi) is 3.97. The van der Waals surface area contributed by atoms with Crippen LogP contribution in [0.25, 0.3) is 10.2 Å². The van der Waals surface area contributed by atoms with Crippen LogP contribution >= 0.6 is 22.9 Å². The molecule has 3 nitrogen and oxygen atoms in total. The Hall–Kier alpha value is -1.43. The fourth-order valence-electron chi connectivity index (χ4n) is 1.99. The molecule has 108 valence electrons. The largest absolute Gasteiger partial charge is 0.399 e. The minimum atomic E-state index is -1.21. The van der Waals surface area contributed by atoms with Gasteiger partial charge in [0.2, 0.25) is 0 Å². The van der Waals surface area contributed by atoms with Gasteiger partial charge in [0.25, 0.3) is 0 Å². The molecule has 1 atom stereocenters. The number of nitrogens with two attached hydrogens (primary N) is 1. The molecule has 0 aliphatic heterocycles. The van der Waals surface area contributed by atoms with Crippen molar-refractivity contribution in [1.82, 2.24) is 4.98 Å². The van der Waals surface area contributed by atoms with Crippen LogP contribution in [0.3, 0.4) is 0 Å². The number of fused-ring (bicyclic) bond motifs is 1. The number of halogens is 1. The molecule has 21 heavy (non-hydrogen) atoms. The van der Waals surface area contributed by atoms with E-state index in [1.165, 1.54) is 11.3 Å². The first-order valence-corrected chi connectivity index (χ1v) is 8.84. The Balaban J connectivity index is 1.89. The topological polar surface area (TPSA) is 56.0 Å². The average molecular weight is 337 g/mol. The van der Waals surface area contributed by atoms with Gasteiger partial charge in [0.05, 0.1) is 26.8 Å². The zero-order valence-corrected chi connectivity index (χ0v) is 13.7. The van der Waals surface area contributed by atoms with Gasteiger partial charge in [0.1, 0.15) is 0 Å². The lowest BCUT2D eigenvalue weighted by molar-refractivity contribution is 0.682. The first-order valence-electron chi connectivity index (χ1n) is 6.32. The van der Waals surface area contributed by atoms with E-state index in [-0.39, 0.29) is 0 Å². The van der Waals surface area contributed by atoms with Gasteiger partial charge in [-0.25, -0.2) is 4.98 Å². The summed E-state index contributed by atoms with van der Waals surface area (Å²) in [5.74, 6) is 0.369. The quantitative estimate of drug-likeness (QED) is 0.731. The van der Waals surface area contributed by atoms with Crippen molar-refractivity contribution in [3.63, 3.8) is 0 Å². The van der Waals surface area contributed by atoms with Gasteiger partial charge >= 0.3 is 0 Å². The van der Waals surface area contributed by atoms with Crippen molar-refractivity contribution >= 4 is 49.6 Å². The number of rotatable bonds is 3. The van der Waals surface area contributed by atoms with Crippen LogP contribution in [0.5, 0.6) is 0 Å². The second-order valence-corrected chi connectivity index (χ2v) is 7.85. The summed E-state index contributed by atoms with van der Waals surface area (Å²) in [4.78, 5) is 4.42. The number of nitrogens with zero attached hydrogens (tertiary/aromatic N) is 1. The molecule has 0 spiro atoms. The predicted octanol–water partition coefficient (Wildman–Crippen LogP) is 4.15. The SMILES string of the molecule is Cc1ccc(CS(=O)c2nc3ccc(N)cc3s2)c(Cl)c1. The van der Waals surface area contributed by atoms with Crippen molar-refractivity contribution in [2.24, 2.45) is 0 Å². The number of aromatic nitrogens is 1. The molecule has 1 heterocycles. The summed E-state index contributed by atoms with van der Waals surface area (Å²) in [6, 6.07) is 11.3. The summed E-state index contributed by atoms with van der Waals surface area (Å²) in [6.07, 6.45) is 0. The number of hydrogen-bond donors (Lipinski definition) is 1. The monoisotopic (exact) mass is 336 g/mol. The molecule has 1 unspecified atom stereocenters. The summed E-state index contributed by atoms with van der Waals surface area (Å²) in [5, 5.41) is 0.647. The summed E-state index contributed by atoms with van der Waals surface area (Å²) >= 11 is 7.61. The maximum absolute atomic E-state index is 12.5. The highest BCUT2D eigenvalue weighted by molar-refractivity contribution is 7.86. The molecular weight excluding hydrogens is 324 g/mol. The molecule has 0 saturated heterocycles. The molecule has 0 saturated carbocycles. The molecule has 0 aliphatic carbocycles. The van der Waals surface area contributed by atoms with Gasteiger partial charge in [-0.15, -0.1) is 11.3 Å². The number of hydrogen-bond acceptors (Lipinski definition) is 4. The summed E-state index contributed by atoms with van der Waals surface area (Å²) < 4.78 is 14.0. The highest BCUT2D eigenvalue weighted by atomic mass is 35.5. The van der Waals surface area contributed by atoms with E-state index >= 15 is 0 Å². The Labute approximate surface area is 134 Å². The molecule has 0 amide bonds. The van der Waals surface area contributed by atoms with E-state index in [4.69, 9.17) is 17.3 Å². The van der Waals surface area contributed by atoms with E-state index in [1.807, 2.05) is 37.3 Å². The van der Waals surface area contributed by atoms with Crippen LogP contribution in [0, 0.1) is 6.92 Å². The number of thiazole rings is 1. The fraction of sp³-hybridized carbons (Fsp3) is 0.133. The molecule has 3 rings (SSSR count). The number of benzene rings is 2. The molecule has 2 aromatic carbocycles. The van der Waals surface area contributed by atoms with Crippen LogP contribution in [0.15, 0.2) is 40.7 Å². The van der Waals surface area contributed by atoms with Crippen molar-refractivity contribution in [1.29, 1.82) is 0 Å². The van der Waals surface area contributed by atoms with Crippen LogP contribution in [0.2, 0.25) is 5.02 Å². The molecule has 1 aromatic heterocycles. The van der Waals surface area contributed by atoms with Crippen LogP contribution in [0.1, 0.15) is 11.1 Å². The van der Waals surface area contributed by atoms with E-state index in [1.54, 1.807) is 6.07 Å².